The van der Waals surface area contributed by atoms with E-state index in [-0.39, 0.29) is 24.3 Å². The van der Waals surface area contributed by atoms with Crippen molar-refractivity contribution in [2.75, 3.05) is 5.75 Å². The van der Waals surface area contributed by atoms with Gasteiger partial charge in [-0.25, -0.2) is 0 Å². The summed E-state index contributed by atoms with van der Waals surface area (Å²) in [7, 11) is 0. The van der Waals surface area contributed by atoms with Crippen LogP contribution in [0.3, 0.4) is 0 Å². The largest absolute Gasteiger partial charge is 0.484 e. The molecule has 4 rings (SSSR count). The van der Waals surface area contributed by atoms with Crippen LogP contribution in [0.25, 0.3) is 11.0 Å². The molecule has 30 heavy (non-hydrogen) atoms. The molecule has 0 fully saturated rings. The predicted molar refractivity (Wildman–Crippen MR) is 113 cm³/mol. The summed E-state index contributed by atoms with van der Waals surface area (Å²) < 4.78 is 17.0. The first-order valence-corrected chi connectivity index (χ1v) is 10.5. The molecule has 2 heterocycles. The molecule has 2 aromatic carbocycles. The van der Waals surface area contributed by atoms with Crippen molar-refractivity contribution >= 4 is 28.6 Å². The molecule has 8 heteroatoms. The maximum Gasteiger partial charge on any atom is 0.277 e. The number of ether oxygens (including phenoxy) is 1. The topological polar surface area (TPSA) is 90.4 Å². The van der Waals surface area contributed by atoms with Crippen molar-refractivity contribution in [3.8, 4) is 5.75 Å². The number of hydrogen-bond donors (Lipinski definition) is 1. The van der Waals surface area contributed by atoms with Crippen LogP contribution in [0.15, 0.2) is 68.7 Å². The van der Waals surface area contributed by atoms with Gasteiger partial charge in [0.15, 0.2) is 6.61 Å². The van der Waals surface area contributed by atoms with Crippen LogP contribution in [-0.2, 0) is 11.4 Å². The summed E-state index contributed by atoms with van der Waals surface area (Å²) in [4.78, 5) is 12.3. The van der Waals surface area contributed by atoms with Crippen molar-refractivity contribution in [2.24, 2.45) is 0 Å². The van der Waals surface area contributed by atoms with E-state index in [9.17, 15) is 4.79 Å². The fourth-order valence-corrected chi connectivity index (χ4v) is 3.49. The molecule has 1 unspecified atom stereocenters. The van der Waals surface area contributed by atoms with Gasteiger partial charge in [0.1, 0.15) is 17.1 Å². The molecular formula is C22H21N3O4S. The van der Waals surface area contributed by atoms with Crippen molar-refractivity contribution in [1.29, 1.82) is 0 Å². The van der Waals surface area contributed by atoms with Gasteiger partial charge >= 0.3 is 0 Å². The summed E-state index contributed by atoms with van der Waals surface area (Å²) in [6.45, 7) is 4.05. The highest BCUT2D eigenvalue weighted by molar-refractivity contribution is 7.99. The van der Waals surface area contributed by atoms with E-state index in [1.54, 1.807) is 0 Å². The Balaban J connectivity index is 1.25. The molecule has 0 aliphatic heterocycles. The van der Waals surface area contributed by atoms with Gasteiger partial charge in [0.2, 0.25) is 5.91 Å². The number of nitrogens with one attached hydrogen (secondary N) is 1. The molecule has 0 spiro atoms. The number of hydrogen-bond acceptors (Lipinski definition) is 7. The Labute approximate surface area is 177 Å². The van der Waals surface area contributed by atoms with E-state index in [1.165, 1.54) is 11.8 Å². The average Bonchev–Trinajstić information content (AvgIpc) is 3.37. The van der Waals surface area contributed by atoms with E-state index < -0.39 is 0 Å². The molecule has 154 valence electrons. The Morgan fingerprint density at radius 3 is 2.83 bits per heavy atom. The molecule has 0 aliphatic carbocycles. The normalized spacial score (nSPS) is 12.1. The Morgan fingerprint density at radius 2 is 2.00 bits per heavy atom. The number of rotatable bonds is 8. The van der Waals surface area contributed by atoms with Crippen molar-refractivity contribution in [3.05, 3.63) is 71.8 Å². The molecule has 1 amide bonds. The van der Waals surface area contributed by atoms with Crippen LogP contribution in [0.4, 0.5) is 0 Å². The van der Waals surface area contributed by atoms with Gasteiger partial charge in [0, 0.05) is 5.39 Å². The lowest BCUT2D eigenvalue weighted by Gasteiger charge is -2.10. The van der Waals surface area contributed by atoms with Gasteiger partial charge in [0.05, 0.1) is 11.8 Å². The Kier molecular flexibility index (Phi) is 6.04. The van der Waals surface area contributed by atoms with E-state index in [0.29, 0.717) is 16.9 Å². The molecule has 0 saturated heterocycles. The minimum absolute atomic E-state index is 0.149. The van der Waals surface area contributed by atoms with Gasteiger partial charge in [-0.2, -0.15) is 0 Å². The SMILES string of the molecule is Cc1cccc(OCc2nnc(SCC(=O)NC(C)c3cc4ccccc4o3)o2)c1. The highest BCUT2D eigenvalue weighted by Gasteiger charge is 2.16. The first kappa shape index (κ1) is 20.0. The van der Waals surface area contributed by atoms with Crippen LogP contribution in [-0.4, -0.2) is 21.9 Å². The second-order valence-corrected chi connectivity index (χ2v) is 7.76. The summed E-state index contributed by atoms with van der Waals surface area (Å²) in [6, 6.07) is 17.1. The third kappa shape index (κ3) is 5.01. The molecular weight excluding hydrogens is 402 g/mol. The Bertz CT molecular complexity index is 1120. The third-order valence-electron chi connectivity index (χ3n) is 4.38. The number of nitrogens with zero attached hydrogens (tertiary/aromatic N) is 2. The van der Waals surface area contributed by atoms with Gasteiger partial charge in [-0.3, -0.25) is 4.79 Å². The number of aromatic nitrogens is 2. The van der Waals surface area contributed by atoms with Crippen LogP contribution in [0, 0.1) is 6.92 Å². The molecule has 0 aliphatic rings. The lowest BCUT2D eigenvalue weighted by atomic mass is 10.2. The van der Waals surface area contributed by atoms with Crippen LogP contribution >= 0.6 is 11.8 Å². The van der Waals surface area contributed by atoms with Gasteiger partial charge in [-0.05, 0) is 43.7 Å². The van der Waals surface area contributed by atoms with Gasteiger partial charge in [-0.15, -0.1) is 10.2 Å². The number of thioether (sulfide) groups is 1. The fourth-order valence-electron chi connectivity index (χ4n) is 2.90. The summed E-state index contributed by atoms with van der Waals surface area (Å²) in [5, 5.41) is 12.2. The van der Waals surface area contributed by atoms with Crippen LogP contribution in [0.1, 0.15) is 30.2 Å². The fraction of sp³-hybridized carbons (Fsp3) is 0.227. The van der Waals surface area contributed by atoms with Crippen molar-refractivity contribution in [3.63, 3.8) is 0 Å². The molecule has 0 bridgehead atoms. The van der Waals surface area contributed by atoms with Crippen LogP contribution < -0.4 is 10.1 Å². The maximum absolute atomic E-state index is 12.3. The predicted octanol–water partition coefficient (Wildman–Crippen LogP) is 4.67. The van der Waals surface area contributed by atoms with E-state index in [1.807, 2.05) is 68.4 Å². The number of fused-ring (bicyclic) bond motifs is 1. The first-order valence-electron chi connectivity index (χ1n) is 9.49. The van der Waals surface area contributed by atoms with Crippen LogP contribution in [0.5, 0.6) is 5.75 Å². The summed E-state index contributed by atoms with van der Waals surface area (Å²) >= 11 is 1.18. The Hall–Kier alpha value is -3.26. The van der Waals surface area contributed by atoms with Gasteiger partial charge in [0.25, 0.3) is 11.1 Å². The summed E-state index contributed by atoms with van der Waals surface area (Å²) in [6.07, 6.45) is 0. The van der Waals surface area contributed by atoms with Crippen molar-refractivity contribution < 1.29 is 18.4 Å². The first-order chi connectivity index (χ1) is 14.6. The molecule has 1 atom stereocenters. The molecule has 7 nitrogen and oxygen atoms in total. The molecule has 0 radical (unpaired) electrons. The second kappa shape index (κ2) is 9.04. The maximum atomic E-state index is 12.3. The molecule has 2 aromatic heterocycles. The van der Waals surface area contributed by atoms with E-state index in [4.69, 9.17) is 13.6 Å². The van der Waals surface area contributed by atoms with Crippen molar-refractivity contribution in [1.82, 2.24) is 15.5 Å². The smallest absolute Gasteiger partial charge is 0.277 e. The highest BCUT2D eigenvalue weighted by Crippen LogP contribution is 2.24. The number of para-hydroxylation sites is 1. The zero-order chi connectivity index (χ0) is 20.9. The Morgan fingerprint density at radius 1 is 1.13 bits per heavy atom. The highest BCUT2D eigenvalue weighted by atomic mass is 32.2. The number of furan rings is 1. The summed E-state index contributed by atoms with van der Waals surface area (Å²) in [5.74, 6) is 1.81. The molecule has 0 saturated carbocycles. The molecule has 1 N–H and O–H groups in total. The third-order valence-corrected chi connectivity index (χ3v) is 5.19. The average molecular weight is 423 g/mol. The summed E-state index contributed by atoms with van der Waals surface area (Å²) in [5.41, 5.74) is 1.91. The van der Waals surface area contributed by atoms with E-state index in [2.05, 4.69) is 15.5 Å². The van der Waals surface area contributed by atoms with E-state index in [0.717, 1.165) is 22.3 Å². The number of amides is 1. The zero-order valence-electron chi connectivity index (χ0n) is 16.6. The van der Waals surface area contributed by atoms with Crippen LogP contribution in [0.2, 0.25) is 0 Å². The minimum atomic E-state index is -0.244. The quantitative estimate of drug-likeness (QED) is 0.412. The standard InChI is InChI=1S/C22H21N3O4S/c1-14-6-5-8-17(10-14)27-12-21-24-25-22(29-21)30-13-20(26)23-15(2)19-11-16-7-3-4-9-18(16)28-19/h3-11,15H,12-13H2,1-2H3,(H,23,26). The minimum Gasteiger partial charge on any atom is -0.484 e. The number of carbonyl (C=O) groups excluding carboxylic acids is 1. The van der Waals surface area contributed by atoms with Crippen molar-refractivity contribution in [2.45, 2.75) is 31.7 Å². The van der Waals surface area contributed by atoms with Gasteiger partial charge < -0.3 is 18.9 Å². The number of carbonyl (C=O) groups is 1. The zero-order valence-corrected chi connectivity index (χ0v) is 17.4. The van der Waals surface area contributed by atoms with Gasteiger partial charge in [-0.1, -0.05) is 42.1 Å². The lowest BCUT2D eigenvalue weighted by molar-refractivity contribution is -0.119. The lowest BCUT2D eigenvalue weighted by Crippen LogP contribution is -2.27. The second-order valence-electron chi connectivity index (χ2n) is 6.83. The van der Waals surface area contributed by atoms with E-state index >= 15 is 0 Å². The number of benzene rings is 2. The molecule has 4 aromatic rings. The number of aryl methyl sites for hydroxylation is 1. The monoisotopic (exact) mass is 423 g/mol.